The molecule has 0 unspecified atom stereocenters. The van der Waals surface area contributed by atoms with Crippen LogP contribution in [-0.2, 0) is 12.6 Å². The molecule has 156 valence electrons. The Morgan fingerprint density at radius 1 is 1.03 bits per heavy atom. The average Bonchev–Trinajstić information content (AvgIpc) is 3.00. The van der Waals surface area contributed by atoms with Gasteiger partial charge in [0.2, 0.25) is 0 Å². The Bertz CT molecular complexity index is 1150. The van der Waals surface area contributed by atoms with Gasteiger partial charge in [-0.2, -0.15) is 13.2 Å². The third-order valence-corrected chi connectivity index (χ3v) is 6.20. The van der Waals surface area contributed by atoms with Gasteiger partial charge in [0, 0.05) is 27.8 Å². The van der Waals surface area contributed by atoms with Gasteiger partial charge < -0.3 is 4.57 Å². The van der Waals surface area contributed by atoms with Crippen LogP contribution in [0.1, 0.15) is 41.9 Å². The fraction of sp³-hybridized carbons (Fsp3) is 0.261. The van der Waals surface area contributed by atoms with Crippen molar-refractivity contribution in [3.05, 3.63) is 74.8 Å². The predicted octanol–water partition coefficient (Wildman–Crippen LogP) is 7.73. The molecule has 0 spiro atoms. The van der Waals surface area contributed by atoms with Crippen LogP contribution in [0.15, 0.2) is 53.0 Å². The molecule has 0 radical (unpaired) electrons. The Morgan fingerprint density at radius 2 is 1.70 bits per heavy atom. The lowest BCUT2D eigenvalue weighted by atomic mass is 9.76. The van der Waals surface area contributed by atoms with Crippen LogP contribution in [-0.4, -0.2) is 10.4 Å². The normalized spacial score (nSPS) is 15.9. The number of fused-ring (bicyclic) bond motifs is 1. The first kappa shape index (κ1) is 21.2. The zero-order valence-electron chi connectivity index (χ0n) is 16.3. The van der Waals surface area contributed by atoms with E-state index in [4.69, 9.17) is 11.6 Å². The number of carbonyl (C=O) groups excluding carboxylic acids is 1. The van der Waals surface area contributed by atoms with Gasteiger partial charge in [-0.1, -0.05) is 53.5 Å². The van der Waals surface area contributed by atoms with Gasteiger partial charge in [-0.15, -0.1) is 0 Å². The molecule has 0 fully saturated rings. The van der Waals surface area contributed by atoms with Crippen molar-refractivity contribution in [3.63, 3.8) is 0 Å². The molecule has 0 saturated carbocycles. The van der Waals surface area contributed by atoms with Gasteiger partial charge in [0.25, 0.3) is 0 Å². The monoisotopic (exact) mass is 495 g/mol. The summed E-state index contributed by atoms with van der Waals surface area (Å²) < 4.78 is 43.2. The topological polar surface area (TPSA) is 22.0 Å². The number of hydrogen-bond acceptors (Lipinski definition) is 1. The molecule has 4 rings (SSSR count). The molecular formula is C23H18BrClF3NO. The molecule has 0 saturated heterocycles. The number of benzene rings is 2. The largest absolute Gasteiger partial charge is 0.417 e. The van der Waals surface area contributed by atoms with E-state index < -0.39 is 11.7 Å². The van der Waals surface area contributed by atoms with Gasteiger partial charge in [0.15, 0.2) is 5.78 Å². The maximum atomic E-state index is 13.5. The van der Waals surface area contributed by atoms with E-state index in [1.165, 1.54) is 6.07 Å². The van der Waals surface area contributed by atoms with Crippen molar-refractivity contribution < 1.29 is 18.0 Å². The van der Waals surface area contributed by atoms with Crippen LogP contribution in [0, 0.1) is 5.41 Å². The van der Waals surface area contributed by atoms with E-state index in [-0.39, 0.29) is 16.2 Å². The molecule has 1 aromatic heterocycles. The Kier molecular flexibility index (Phi) is 5.14. The first-order chi connectivity index (χ1) is 14.0. The zero-order valence-corrected chi connectivity index (χ0v) is 18.6. The van der Waals surface area contributed by atoms with Crippen LogP contribution >= 0.6 is 27.5 Å². The summed E-state index contributed by atoms with van der Waals surface area (Å²) in [5.74, 6) is 0.00312. The minimum atomic E-state index is -4.58. The van der Waals surface area contributed by atoms with Crippen molar-refractivity contribution in [2.24, 2.45) is 5.41 Å². The summed E-state index contributed by atoms with van der Waals surface area (Å²) >= 11 is 9.24. The Labute approximate surface area is 185 Å². The molecule has 0 aliphatic heterocycles. The number of ketones is 1. The summed E-state index contributed by atoms with van der Waals surface area (Å²) in [4.78, 5) is 12.8. The molecule has 30 heavy (non-hydrogen) atoms. The number of alkyl halides is 3. The van der Waals surface area contributed by atoms with Crippen molar-refractivity contribution in [3.8, 4) is 16.9 Å². The van der Waals surface area contributed by atoms with Gasteiger partial charge in [-0.3, -0.25) is 4.79 Å². The van der Waals surface area contributed by atoms with Crippen molar-refractivity contribution in [2.75, 3.05) is 0 Å². The quantitative estimate of drug-likeness (QED) is 0.356. The smallest absolute Gasteiger partial charge is 0.313 e. The second-order valence-corrected chi connectivity index (χ2v) is 9.66. The van der Waals surface area contributed by atoms with Crippen LogP contribution in [0.2, 0.25) is 5.02 Å². The van der Waals surface area contributed by atoms with E-state index in [9.17, 15) is 18.0 Å². The lowest BCUT2D eigenvalue weighted by molar-refractivity contribution is -0.137. The van der Waals surface area contributed by atoms with Crippen molar-refractivity contribution in [2.45, 2.75) is 32.9 Å². The van der Waals surface area contributed by atoms with Crippen LogP contribution in [0.25, 0.3) is 16.9 Å². The number of nitrogens with zero attached hydrogens (tertiary/aromatic N) is 1. The highest BCUT2D eigenvalue weighted by Crippen LogP contribution is 2.42. The van der Waals surface area contributed by atoms with Crippen LogP contribution in [0.5, 0.6) is 0 Å². The molecular weight excluding hydrogens is 479 g/mol. The molecule has 3 aromatic rings. The van der Waals surface area contributed by atoms with Crippen LogP contribution < -0.4 is 0 Å². The van der Waals surface area contributed by atoms with E-state index in [1.807, 2.05) is 38.1 Å². The molecule has 1 heterocycles. The number of Topliss-reactive ketones (excluding diaryl/α,β-unsaturated/α-hetero) is 1. The molecule has 0 N–H and O–H groups in total. The predicted molar refractivity (Wildman–Crippen MR) is 115 cm³/mol. The SMILES string of the molecule is CC1(C)CC(=O)c2cc(-c3ccc(Br)cc3)n(-c3ccc(Cl)c(C(F)(F)F)c3)c2C1. The fourth-order valence-corrected chi connectivity index (χ4v) is 4.50. The van der Waals surface area contributed by atoms with Crippen LogP contribution in [0.4, 0.5) is 13.2 Å². The van der Waals surface area contributed by atoms with Gasteiger partial charge in [0.05, 0.1) is 16.3 Å². The minimum absolute atomic E-state index is 0.00312. The molecule has 1 aliphatic rings. The second kappa shape index (κ2) is 7.27. The number of hydrogen-bond donors (Lipinski definition) is 0. The maximum Gasteiger partial charge on any atom is 0.417 e. The van der Waals surface area contributed by atoms with Gasteiger partial charge in [-0.25, -0.2) is 0 Å². The molecule has 7 heteroatoms. The van der Waals surface area contributed by atoms with Gasteiger partial charge in [-0.05, 0) is 53.8 Å². The van der Waals surface area contributed by atoms with Gasteiger partial charge in [0.1, 0.15) is 0 Å². The lowest BCUT2D eigenvalue weighted by Gasteiger charge is -2.30. The Hall–Kier alpha value is -2.05. The third kappa shape index (κ3) is 3.83. The average molecular weight is 497 g/mol. The Balaban J connectivity index is 2.01. The number of halogens is 5. The van der Waals surface area contributed by atoms with Gasteiger partial charge >= 0.3 is 6.18 Å². The summed E-state index contributed by atoms with van der Waals surface area (Å²) in [6.45, 7) is 3.99. The van der Waals surface area contributed by atoms with E-state index in [0.29, 0.717) is 29.8 Å². The zero-order chi connectivity index (χ0) is 21.8. The highest BCUT2D eigenvalue weighted by Gasteiger charge is 2.37. The van der Waals surface area contributed by atoms with E-state index in [2.05, 4.69) is 15.9 Å². The summed E-state index contributed by atoms with van der Waals surface area (Å²) in [6, 6.07) is 13.1. The van der Waals surface area contributed by atoms with E-state index in [1.54, 1.807) is 16.7 Å². The molecule has 1 aliphatic carbocycles. The van der Waals surface area contributed by atoms with E-state index >= 15 is 0 Å². The van der Waals surface area contributed by atoms with Crippen molar-refractivity contribution in [1.29, 1.82) is 0 Å². The summed E-state index contributed by atoms with van der Waals surface area (Å²) in [5, 5.41) is -0.353. The second-order valence-electron chi connectivity index (χ2n) is 8.34. The van der Waals surface area contributed by atoms with Crippen LogP contribution in [0.3, 0.4) is 0 Å². The highest BCUT2D eigenvalue weighted by molar-refractivity contribution is 9.10. The molecule has 0 amide bonds. The summed E-state index contributed by atoms with van der Waals surface area (Å²) in [6.07, 6.45) is -3.60. The third-order valence-electron chi connectivity index (χ3n) is 5.34. The number of carbonyl (C=O) groups is 1. The van der Waals surface area contributed by atoms with E-state index in [0.717, 1.165) is 21.8 Å². The summed E-state index contributed by atoms with van der Waals surface area (Å²) in [5.41, 5.74) is 1.93. The molecule has 2 nitrogen and oxygen atoms in total. The molecule has 0 atom stereocenters. The maximum absolute atomic E-state index is 13.5. The number of aromatic nitrogens is 1. The first-order valence-corrected chi connectivity index (χ1v) is 10.5. The highest BCUT2D eigenvalue weighted by atomic mass is 79.9. The first-order valence-electron chi connectivity index (χ1n) is 9.37. The fourth-order valence-electron chi connectivity index (χ4n) is 4.01. The summed E-state index contributed by atoms with van der Waals surface area (Å²) in [7, 11) is 0. The number of rotatable bonds is 2. The standard InChI is InChI=1S/C23H18BrClF3NO/c1-22(2)11-20-16(21(30)12-22)10-19(13-3-5-14(24)6-4-13)29(20)15-7-8-18(25)17(9-15)23(26,27)28/h3-10H,11-12H2,1-2H3. The van der Waals surface area contributed by atoms with Crippen molar-refractivity contribution >= 4 is 33.3 Å². The van der Waals surface area contributed by atoms with Crippen molar-refractivity contribution in [1.82, 2.24) is 4.57 Å². The molecule has 0 bridgehead atoms. The lowest BCUT2D eigenvalue weighted by Crippen LogP contribution is -2.27. The Morgan fingerprint density at radius 3 is 2.33 bits per heavy atom. The minimum Gasteiger partial charge on any atom is -0.313 e. The molecule has 2 aromatic carbocycles.